The van der Waals surface area contributed by atoms with Gasteiger partial charge in [-0.1, -0.05) is 51.0 Å². The zero-order chi connectivity index (χ0) is 20.6. The van der Waals surface area contributed by atoms with Gasteiger partial charge in [-0.05, 0) is 43.7 Å². The smallest absolute Gasteiger partial charge is 0.365 e. The molecule has 2 aliphatic heterocycles. The summed E-state index contributed by atoms with van der Waals surface area (Å²) < 4.78 is 29.1. The van der Waals surface area contributed by atoms with Crippen LogP contribution in [-0.2, 0) is 4.79 Å². The van der Waals surface area contributed by atoms with Gasteiger partial charge in [-0.2, -0.15) is 0 Å². The van der Waals surface area contributed by atoms with E-state index in [1.807, 2.05) is 24.4 Å². The molecule has 0 spiro atoms. The van der Waals surface area contributed by atoms with Crippen molar-refractivity contribution >= 4 is 19.6 Å². The van der Waals surface area contributed by atoms with Crippen LogP contribution in [0, 0.1) is 5.92 Å². The fourth-order valence-corrected chi connectivity index (χ4v) is 4.31. The normalized spacial score (nSPS) is 17.6. The number of rotatable bonds is 13. The first kappa shape index (κ1) is 21.7. The summed E-state index contributed by atoms with van der Waals surface area (Å²) in [5.74, 6) is -1.49. The summed E-state index contributed by atoms with van der Waals surface area (Å²) >= 11 is 0. The summed E-state index contributed by atoms with van der Waals surface area (Å²) in [4.78, 5) is 12.5. The van der Waals surface area contributed by atoms with Crippen molar-refractivity contribution in [2.24, 2.45) is 5.92 Å². The van der Waals surface area contributed by atoms with Crippen LogP contribution in [0.3, 0.4) is 0 Å². The minimum absolute atomic E-state index is 0.280. The van der Waals surface area contributed by atoms with Crippen molar-refractivity contribution in [3.05, 3.63) is 41.5 Å². The maximum atomic E-state index is 13.5. The zero-order valence-electron chi connectivity index (χ0n) is 17.0. The van der Waals surface area contributed by atoms with Crippen molar-refractivity contribution in [3.63, 3.8) is 0 Å². The summed E-state index contributed by atoms with van der Waals surface area (Å²) in [7, 11) is 0.630. The highest BCUT2D eigenvalue weighted by Gasteiger charge is 2.36. The van der Waals surface area contributed by atoms with Crippen molar-refractivity contribution < 1.29 is 18.7 Å². The number of nitrogens with zero attached hydrogens (tertiary/aromatic N) is 2. The van der Waals surface area contributed by atoms with Crippen LogP contribution >= 0.6 is 0 Å². The van der Waals surface area contributed by atoms with E-state index < -0.39 is 18.3 Å². The van der Waals surface area contributed by atoms with Gasteiger partial charge in [-0.25, -0.2) is 8.78 Å². The number of alkyl halides is 2. The van der Waals surface area contributed by atoms with Gasteiger partial charge in [-0.15, -0.1) is 0 Å². The Labute approximate surface area is 172 Å². The van der Waals surface area contributed by atoms with Crippen LogP contribution in [-0.4, -0.2) is 34.3 Å². The Morgan fingerprint density at radius 1 is 1.07 bits per heavy atom. The second-order valence-corrected chi connectivity index (χ2v) is 8.14. The fraction of sp³-hybridized carbons (Fsp3) is 0.591. The fourth-order valence-electron chi connectivity index (χ4n) is 4.31. The van der Waals surface area contributed by atoms with E-state index in [1.54, 1.807) is 6.08 Å². The minimum atomic E-state index is -2.36. The maximum absolute atomic E-state index is 13.5. The maximum Gasteiger partial charge on any atom is 0.365 e. The molecule has 0 bridgehead atoms. The lowest BCUT2D eigenvalue weighted by atomic mass is 9.97. The van der Waals surface area contributed by atoms with Crippen LogP contribution in [0.15, 0.2) is 35.8 Å². The quantitative estimate of drug-likeness (QED) is 0.353. The van der Waals surface area contributed by atoms with E-state index in [4.69, 9.17) is 5.11 Å². The van der Waals surface area contributed by atoms with E-state index in [0.717, 1.165) is 55.6 Å². The molecule has 3 heterocycles. The molecule has 0 fully saturated rings. The monoisotopic (exact) mass is 404 g/mol. The highest BCUT2D eigenvalue weighted by atomic mass is 19.3. The number of hydrogen-bond acceptors (Lipinski definition) is 2. The molecule has 158 valence electrons. The number of hydrogen-bond donors (Lipinski definition) is 1. The first-order chi connectivity index (χ1) is 14.1. The molecule has 2 aliphatic rings. The molecule has 0 radical (unpaired) electrons. The third-order valence-corrected chi connectivity index (χ3v) is 5.92. The number of carboxylic acids is 1. The molecule has 1 N–H and O–H groups in total. The Balaban J connectivity index is 1.34. The van der Waals surface area contributed by atoms with Crippen molar-refractivity contribution in [2.45, 2.75) is 77.1 Å². The van der Waals surface area contributed by atoms with E-state index in [1.165, 1.54) is 25.7 Å². The number of carboxylic acid groups (broad SMARTS) is 1. The summed E-state index contributed by atoms with van der Waals surface area (Å²) in [6.45, 7) is 0. The molecule has 29 heavy (non-hydrogen) atoms. The molecule has 1 unspecified atom stereocenters. The number of halogens is 2. The lowest BCUT2D eigenvalue weighted by Gasteiger charge is -2.30. The molecule has 1 aromatic rings. The molecule has 7 heteroatoms. The van der Waals surface area contributed by atoms with Crippen molar-refractivity contribution in [1.82, 2.24) is 9.29 Å². The molecule has 1 aromatic heterocycles. The standard InChI is InChI=1S/C22H31BF2N2O2/c24-22(25)19-15-18(27-20(19)16-17-12-10-14-26(17)23-27)11-8-6-4-2-1-3-5-7-9-13-21(28)29/h10,12,14-16,19,22-23H,1-9,11,13H2,(H,28,29). The Bertz CT molecular complexity index is 745. The van der Waals surface area contributed by atoms with Crippen LogP contribution < -0.4 is 0 Å². The third-order valence-electron chi connectivity index (χ3n) is 5.92. The van der Waals surface area contributed by atoms with Gasteiger partial charge >= 0.3 is 13.5 Å². The van der Waals surface area contributed by atoms with Crippen molar-refractivity contribution in [3.8, 4) is 0 Å². The Hall–Kier alpha value is -2.05. The molecule has 4 nitrogen and oxygen atoms in total. The molecule has 1 atom stereocenters. The highest BCUT2D eigenvalue weighted by molar-refractivity contribution is 6.33. The number of aromatic nitrogens is 1. The van der Waals surface area contributed by atoms with Gasteiger partial charge in [0.25, 0.3) is 0 Å². The molecule has 3 rings (SSSR count). The highest BCUT2D eigenvalue weighted by Crippen LogP contribution is 2.39. The summed E-state index contributed by atoms with van der Waals surface area (Å²) in [5, 5.41) is 8.61. The topological polar surface area (TPSA) is 45.5 Å². The van der Waals surface area contributed by atoms with Crippen molar-refractivity contribution in [1.29, 1.82) is 0 Å². The van der Waals surface area contributed by atoms with Gasteiger partial charge < -0.3 is 14.4 Å². The van der Waals surface area contributed by atoms with Crippen LogP contribution in [0.2, 0.25) is 0 Å². The molecule has 0 aliphatic carbocycles. The Kier molecular flexibility index (Phi) is 7.96. The van der Waals surface area contributed by atoms with E-state index in [2.05, 4.69) is 9.29 Å². The summed E-state index contributed by atoms with van der Waals surface area (Å²) in [5.41, 5.74) is 2.78. The van der Waals surface area contributed by atoms with Crippen LogP contribution in [0.1, 0.15) is 76.3 Å². The number of fused-ring (bicyclic) bond motifs is 2. The number of aliphatic carboxylic acids is 1. The van der Waals surface area contributed by atoms with Gasteiger partial charge in [0.05, 0.1) is 5.92 Å². The van der Waals surface area contributed by atoms with Crippen LogP contribution in [0.5, 0.6) is 0 Å². The van der Waals surface area contributed by atoms with Gasteiger partial charge in [-0.3, -0.25) is 4.79 Å². The Morgan fingerprint density at radius 2 is 1.72 bits per heavy atom. The second-order valence-electron chi connectivity index (χ2n) is 8.14. The van der Waals surface area contributed by atoms with Crippen LogP contribution in [0.4, 0.5) is 8.78 Å². The van der Waals surface area contributed by atoms with E-state index in [-0.39, 0.29) is 6.42 Å². The SMILES string of the molecule is O=C(O)CCCCCCCCCCCC1=CC(C(F)F)C2=Cc3cccn3BN12. The third kappa shape index (κ3) is 5.97. The first-order valence-corrected chi connectivity index (χ1v) is 10.9. The molecular weight excluding hydrogens is 373 g/mol. The van der Waals surface area contributed by atoms with Crippen LogP contribution in [0.25, 0.3) is 6.08 Å². The summed E-state index contributed by atoms with van der Waals surface area (Å²) in [6, 6.07) is 3.93. The van der Waals surface area contributed by atoms with E-state index >= 15 is 0 Å². The van der Waals surface area contributed by atoms with Gasteiger partial charge in [0.1, 0.15) is 0 Å². The van der Waals surface area contributed by atoms with E-state index in [0.29, 0.717) is 7.55 Å². The second kappa shape index (κ2) is 10.7. The molecule has 0 amide bonds. The number of allylic oxidation sites excluding steroid dienone is 2. The van der Waals surface area contributed by atoms with E-state index in [9.17, 15) is 13.6 Å². The number of unbranched alkanes of at least 4 members (excludes halogenated alkanes) is 8. The Morgan fingerprint density at radius 3 is 2.38 bits per heavy atom. The van der Waals surface area contributed by atoms with Crippen molar-refractivity contribution in [2.75, 3.05) is 0 Å². The predicted molar refractivity (Wildman–Crippen MR) is 113 cm³/mol. The lowest BCUT2D eigenvalue weighted by Crippen LogP contribution is -2.34. The molecular formula is C22H31BF2N2O2. The molecule has 0 saturated heterocycles. The average Bonchev–Trinajstić information content (AvgIpc) is 3.28. The minimum Gasteiger partial charge on any atom is -0.481 e. The predicted octanol–water partition coefficient (Wildman–Crippen LogP) is 5.41. The average molecular weight is 404 g/mol. The zero-order valence-corrected chi connectivity index (χ0v) is 17.0. The lowest BCUT2D eigenvalue weighted by molar-refractivity contribution is -0.137. The summed E-state index contributed by atoms with van der Waals surface area (Å²) in [6.07, 6.45) is 14.2. The van der Waals surface area contributed by atoms with Gasteiger partial charge in [0.15, 0.2) is 0 Å². The molecule has 0 saturated carbocycles. The largest absolute Gasteiger partial charge is 0.481 e. The van der Waals surface area contributed by atoms with Gasteiger partial charge in [0.2, 0.25) is 6.43 Å². The van der Waals surface area contributed by atoms with Gasteiger partial charge in [0, 0.05) is 23.5 Å². The molecule has 0 aromatic carbocycles. The first-order valence-electron chi connectivity index (χ1n) is 10.9. The number of carbonyl (C=O) groups is 1.